The number of hydrogen-bond donors (Lipinski definition) is 0. The Balaban J connectivity index is 2.82. The van der Waals surface area contributed by atoms with Gasteiger partial charge < -0.3 is 0 Å². The molecule has 0 N–H and O–H groups in total. The highest BCUT2D eigenvalue weighted by molar-refractivity contribution is 9.11. The van der Waals surface area contributed by atoms with Crippen molar-refractivity contribution < 1.29 is 4.58 Å². The maximum atomic E-state index is 3.75. The molecule has 0 radical (unpaired) electrons. The summed E-state index contributed by atoms with van der Waals surface area (Å²) < 4.78 is 1.79. The molecule has 0 aromatic carbocycles. The van der Waals surface area contributed by atoms with Crippen LogP contribution in [-0.4, -0.2) is 11.3 Å². The molecule has 0 unspecified atom stereocenters. The second-order valence-corrected chi connectivity index (χ2v) is 2.81. The Morgan fingerprint density at radius 3 is 2.89 bits per heavy atom. The summed E-state index contributed by atoms with van der Waals surface area (Å²) in [7, 11) is 0. The van der Waals surface area contributed by atoms with Crippen LogP contribution in [0.25, 0.3) is 0 Å². The van der Waals surface area contributed by atoms with Crippen LogP contribution in [0, 0.1) is 4.95 Å². The van der Waals surface area contributed by atoms with E-state index in [4.69, 9.17) is 0 Å². The summed E-state index contributed by atoms with van der Waals surface area (Å²) in [6.07, 6.45) is 5.97. The maximum Gasteiger partial charge on any atom is 0.165 e. The van der Waals surface area contributed by atoms with Gasteiger partial charge in [0.1, 0.15) is 0 Å². The molecule has 0 aromatic heterocycles. The van der Waals surface area contributed by atoms with Crippen molar-refractivity contribution in [2.24, 2.45) is 0 Å². The fraction of sp³-hybridized carbons (Fsp3) is 0.143. The van der Waals surface area contributed by atoms with E-state index >= 15 is 0 Å². The van der Waals surface area contributed by atoms with Crippen molar-refractivity contribution in [3.8, 4) is 0 Å². The SMILES string of the molecule is C=[N+]1C=C(C)C=C[C-]1Br. The first-order valence-corrected chi connectivity index (χ1v) is 3.48. The minimum atomic E-state index is 0.994. The van der Waals surface area contributed by atoms with Gasteiger partial charge in [-0.1, -0.05) is 18.6 Å². The lowest BCUT2D eigenvalue weighted by Crippen LogP contribution is -2.05. The van der Waals surface area contributed by atoms with Gasteiger partial charge in [0.05, 0.1) is 12.9 Å². The van der Waals surface area contributed by atoms with Crippen LogP contribution in [0.4, 0.5) is 0 Å². The van der Waals surface area contributed by atoms with E-state index in [-0.39, 0.29) is 0 Å². The van der Waals surface area contributed by atoms with Gasteiger partial charge in [0.15, 0.2) is 4.95 Å². The number of rotatable bonds is 0. The predicted octanol–water partition coefficient (Wildman–Crippen LogP) is 2.06. The fourth-order valence-electron chi connectivity index (χ4n) is 0.646. The van der Waals surface area contributed by atoms with E-state index in [1.807, 2.05) is 25.3 Å². The summed E-state index contributed by atoms with van der Waals surface area (Å²) in [5, 5.41) is 0. The van der Waals surface area contributed by atoms with Gasteiger partial charge in [0.25, 0.3) is 0 Å². The van der Waals surface area contributed by atoms with Crippen molar-refractivity contribution in [3.63, 3.8) is 0 Å². The second kappa shape index (κ2) is 2.40. The van der Waals surface area contributed by atoms with Crippen molar-refractivity contribution in [1.82, 2.24) is 0 Å². The van der Waals surface area contributed by atoms with E-state index in [1.165, 1.54) is 5.57 Å². The maximum absolute atomic E-state index is 3.75. The summed E-state index contributed by atoms with van der Waals surface area (Å²) in [5.41, 5.74) is 1.22. The third-order valence-corrected chi connectivity index (χ3v) is 1.84. The van der Waals surface area contributed by atoms with E-state index < -0.39 is 0 Å². The first-order chi connectivity index (χ1) is 4.20. The van der Waals surface area contributed by atoms with Crippen LogP contribution in [-0.2, 0) is 0 Å². The predicted molar refractivity (Wildman–Crippen MR) is 42.4 cm³/mol. The van der Waals surface area contributed by atoms with Gasteiger partial charge in [-0.05, 0) is 15.9 Å². The smallest absolute Gasteiger partial charge is 0.165 e. The van der Waals surface area contributed by atoms with Crippen molar-refractivity contribution in [3.05, 3.63) is 28.9 Å². The van der Waals surface area contributed by atoms with Crippen molar-refractivity contribution in [2.45, 2.75) is 6.92 Å². The first-order valence-electron chi connectivity index (χ1n) is 2.69. The van der Waals surface area contributed by atoms with Gasteiger partial charge in [-0.25, -0.2) is 0 Å². The van der Waals surface area contributed by atoms with E-state index in [1.54, 1.807) is 4.58 Å². The average molecular weight is 186 g/mol. The van der Waals surface area contributed by atoms with Crippen LogP contribution in [0.3, 0.4) is 0 Å². The Hall–Kier alpha value is -0.500. The molecule has 48 valence electrons. The van der Waals surface area contributed by atoms with Crippen LogP contribution < -0.4 is 0 Å². The summed E-state index contributed by atoms with van der Waals surface area (Å²) >= 11 is 3.33. The van der Waals surface area contributed by atoms with Gasteiger partial charge >= 0.3 is 0 Å². The highest BCUT2D eigenvalue weighted by Crippen LogP contribution is 2.18. The zero-order valence-electron chi connectivity index (χ0n) is 5.26. The fourth-order valence-corrected chi connectivity index (χ4v) is 0.881. The van der Waals surface area contributed by atoms with Crippen LogP contribution >= 0.6 is 15.9 Å². The third-order valence-electron chi connectivity index (χ3n) is 1.12. The summed E-state index contributed by atoms with van der Waals surface area (Å²) in [5.74, 6) is 0. The average Bonchev–Trinajstić information content (AvgIpc) is 1.80. The molecule has 0 amide bonds. The lowest BCUT2D eigenvalue weighted by Gasteiger charge is -2.11. The lowest BCUT2D eigenvalue weighted by molar-refractivity contribution is -0.404. The van der Waals surface area contributed by atoms with E-state index in [0.717, 1.165) is 4.95 Å². The zero-order chi connectivity index (χ0) is 6.85. The van der Waals surface area contributed by atoms with Crippen molar-refractivity contribution >= 4 is 22.6 Å². The van der Waals surface area contributed by atoms with E-state index in [2.05, 4.69) is 22.6 Å². The molecule has 2 heteroatoms. The molecule has 1 nitrogen and oxygen atoms in total. The van der Waals surface area contributed by atoms with Gasteiger partial charge in [-0.3, -0.25) is 4.58 Å². The lowest BCUT2D eigenvalue weighted by atomic mass is 10.2. The normalized spacial score (nSPS) is 18.2. The minimum Gasteiger partial charge on any atom is -0.289 e. The molecule has 1 rings (SSSR count). The van der Waals surface area contributed by atoms with E-state index in [0.29, 0.717) is 0 Å². The summed E-state index contributed by atoms with van der Waals surface area (Å²) in [4.78, 5) is 0.994. The molecule has 0 saturated carbocycles. The van der Waals surface area contributed by atoms with Crippen molar-refractivity contribution in [1.29, 1.82) is 0 Å². The van der Waals surface area contributed by atoms with Crippen LogP contribution in [0.15, 0.2) is 23.9 Å². The zero-order valence-corrected chi connectivity index (χ0v) is 6.85. The Morgan fingerprint density at radius 2 is 2.44 bits per heavy atom. The summed E-state index contributed by atoms with van der Waals surface area (Å²) in [6.45, 7) is 5.79. The molecule has 0 saturated heterocycles. The third kappa shape index (κ3) is 1.45. The number of hydrogen-bond acceptors (Lipinski definition) is 0. The molecule has 0 fully saturated rings. The Bertz CT molecular complexity index is 191. The Labute approximate surface area is 63.5 Å². The Morgan fingerprint density at radius 1 is 1.78 bits per heavy atom. The number of allylic oxidation sites excluding steroid dienone is 2. The quantitative estimate of drug-likeness (QED) is 0.309. The van der Waals surface area contributed by atoms with Crippen LogP contribution in [0.1, 0.15) is 6.92 Å². The summed E-state index contributed by atoms with van der Waals surface area (Å²) in [6, 6.07) is 0. The molecule has 0 atom stereocenters. The molecule has 9 heavy (non-hydrogen) atoms. The molecular weight excluding hydrogens is 178 g/mol. The highest BCUT2D eigenvalue weighted by Gasteiger charge is 2.04. The monoisotopic (exact) mass is 185 g/mol. The second-order valence-electron chi connectivity index (χ2n) is 2.00. The first kappa shape index (κ1) is 6.62. The number of halogens is 1. The molecule has 1 heterocycles. The molecule has 0 spiro atoms. The standard InChI is InChI=1S/C7H8BrN/c1-6-3-4-7(8)9(2)5-6/h3-5H,2H2,1H3. The van der Waals surface area contributed by atoms with Gasteiger partial charge in [0, 0.05) is 0 Å². The number of nitrogens with zero attached hydrogens (tertiary/aromatic N) is 1. The van der Waals surface area contributed by atoms with Crippen LogP contribution in [0.5, 0.6) is 0 Å². The molecule has 1 aliphatic rings. The molecule has 1 aliphatic heterocycles. The topological polar surface area (TPSA) is 3.01 Å². The molecular formula is C7H8BrN. The van der Waals surface area contributed by atoms with Gasteiger partial charge in [-0.15, -0.1) is 6.08 Å². The Kier molecular flexibility index (Phi) is 1.76. The minimum absolute atomic E-state index is 0.994. The largest absolute Gasteiger partial charge is 0.289 e. The van der Waals surface area contributed by atoms with Gasteiger partial charge in [-0.2, -0.15) is 0 Å². The molecule has 0 aromatic rings. The molecule has 0 aliphatic carbocycles. The molecule has 0 bridgehead atoms. The van der Waals surface area contributed by atoms with Crippen LogP contribution in [0.2, 0.25) is 0 Å². The van der Waals surface area contributed by atoms with Gasteiger partial charge in [0.2, 0.25) is 0 Å². The van der Waals surface area contributed by atoms with Crippen molar-refractivity contribution in [2.75, 3.05) is 0 Å². The highest BCUT2D eigenvalue weighted by atomic mass is 79.9. The van der Waals surface area contributed by atoms with E-state index in [9.17, 15) is 0 Å².